The summed E-state index contributed by atoms with van der Waals surface area (Å²) in [5.41, 5.74) is 0. The summed E-state index contributed by atoms with van der Waals surface area (Å²) in [5.74, 6) is 2.04. The predicted octanol–water partition coefficient (Wildman–Crippen LogP) is 8.22. The van der Waals surface area contributed by atoms with E-state index in [1.54, 1.807) is 0 Å². The van der Waals surface area contributed by atoms with E-state index in [9.17, 15) is 0 Å². The van der Waals surface area contributed by atoms with E-state index in [4.69, 9.17) is 4.43 Å². The van der Waals surface area contributed by atoms with E-state index in [1.165, 1.54) is 101 Å². The number of hydrogen-bond donors (Lipinski definition) is 0. The van der Waals surface area contributed by atoms with Gasteiger partial charge in [0.2, 0.25) is 8.32 Å². The van der Waals surface area contributed by atoms with Crippen LogP contribution >= 0.6 is 0 Å². The number of hydrogen-bond acceptors (Lipinski definition) is 1. The van der Waals surface area contributed by atoms with E-state index < -0.39 is 8.32 Å². The molecule has 2 heteroatoms. The number of allylic oxidation sites excluding steroid dienone is 2. The quantitative estimate of drug-likeness (QED) is 0.453. The van der Waals surface area contributed by atoms with Gasteiger partial charge < -0.3 is 4.43 Å². The van der Waals surface area contributed by atoms with Crippen LogP contribution in [0.2, 0.25) is 18.1 Å². The highest BCUT2D eigenvalue weighted by Crippen LogP contribution is 2.28. The standard InChI is InChI=1S/C22H44OSi/c1-5-24(6-2,7-3)23-22-19-17-15-13-11-9-8-10-12-14-16-18-21(4)20-22/h20-21H,5-19H2,1-4H3/b22-20-. The summed E-state index contributed by atoms with van der Waals surface area (Å²) < 4.78 is 6.78. The van der Waals surface area contributed by atoms with Crippen LogP contribution in [0.15, 0.2) is 11.8 Å². The van der Waals surface area contributed by atoms with Gasteiger partial charge in [0.25, 0.3) is 0 Å². The van der Waals surface area contributed by atoms with E-state index >= 15 is 0 Å². The smallest absolute Gasteiger partial charge is 0.250 e. The molecular formula is C22H44OSi. The van der Waals surface area contributed by atoms with Crippen molar-refractivity contribution < 1.29 is 4.43 Å². The Kier molecular flexibility index (Phi) is 11.8. The molecule has 0 radical (unpaired) electrons. The van der Waals surface area contributed by atoms with Gasteiger partial charge in [-0.05, 0) is 43.0 Å². The lowest BCUT2D eigenvalue weighted by Gasteiger charge is -2.31. The SMILES string of the molecule is CC[Si](CC)(CC)O/C1=C\C(C)CCCCCCCCCCCC1. The van der Waals surface area contributed by atoms with E-state index in [-0.39, 0.29) is 0 Å². The zero-order chi connectivity index (χ0) is 17.7. The second-order valence-corrected chi connectivity index (χ2v) is 12.7. The average Bonchev–Trinajstić information content (AvgIpc) is 2.60. The zero-order valence-electron chi connectivity index (χ0n) is 17.2. The average molecular weight is 353 g/mol. The third-order valence-electron chi connectivity index (χ3n) is 6.08. The van der Waals surface area contributed by atoms with Gasteiger partial charge >= 0.3 is 0 Å². The first-order valence-electron chi connectivity index (χ1n) is 11.1. The van der Waals surface area contributed by atoms with Crippen LogP contribution in [0.25, 0.3) is 0 Å². The molecule has 1 atom stereocenters. The Balaban J connectivity index is 2.70. The van der Waals surface area contributed by atoms with Gasteiger partial charge in [0.15, 0.2) is 0 Å². The van der Waals surface area contributed by atoms with Gasteiger partial charge in [0.05, 0.1) is 5.76 Å². The van der Waals surface area contributed by atoms with Crippen LogP contribution in [-0.2, 0) is 4.43 Å². The normalized spacial score (nSPS) is 25.2. The second kappa shape index (κ2) is 13.0. The summed E-state index contributed by atoms with van der Waals surface area (Å²) in [6.07, 6.45) is 19.2. The van der Waals surface area contributed by atoms with Crippen LogP contribution in [0.1, 0.15) is 105 Å². The van der Waals surface area contributed by atoms with Gasteiger partial charge in [-0.2, -0.15) is 0 Å². The molecule has 0 spiro atoms. The summed E-state index contributed by atoms with van der Waals surface area (Å²) >= 11 is 0. The topological polar surface area (TPSA) is 9.23 Å². The Morgan fingerprint density at radius 2 is 1.25 bits per heavy atom. The molecule has 0 heterocycles. The molecule has 0 saturated carbocycles. The molecule has 1 nitrogen and oxygen atoms in total. The summed E-state index contributed by atoms with van der Waals surface area (Å²) in [4.78, 5) is 0. The van der Waals surface area contributed by atoms with Gasteiger partial charge in [0, 0.05) is 6.42 Å². The first-order chi connectivity index (χ1) is 11.7. The second-order valence-electron chi connectivity index (χ2n) is 8.03. The van der Waals surface area contributed by atoms with Crippen molar-refractivity contribution in [3.8, 4) is 0 Å². The highest BCUT2D eigenvalue weighted by molar-refractivity contribution is 6.73. The van der Waals surface area contributed by atoms with Crippen LogP contribution in [0.5, 0.6) is 0 Å². The third kappa shape index (κ3) is 8.74. The Labute approximate surface area is 153 Å². The molecule has 1 rings (SSSR count). The van der Waals surface area contributed by atoms with Gasteiger partial charge in [-0.1, -0.05) is 85.5 Å². The molecule has 0 saturated heterocycles. The first-order valence-corrected chi connectivity index (χ1v) is 13.6. The van der Waals surface area contributed by atoms with Crippen molar-refractivity contribution in [2.45, 2.75) is 123 Å². The lowest BCUT2D eigenvalue weighted by Crippen LogP contribution is -2.35. The minimum absolute atomic E-state index is 0.683. The van der Waals surface area contributed by atoms with E-state index in [0.29, 0.717) is 5.92 Å². The largest absolute Gasteiger partial charge is 0.547 e. The maximum absolute atomic E-state index is 6.78. The van der Waals surface area contributed by atoms with Crippen molar-refractivity contribution in [3.63, 3.8) is 0 Å². The van der Waals surface area contributed by atoms with Crippen LogP contribution < -0.4 is 0 Å². The Morgan fingerprint density at radius 3 is 1.75 bits per heavy atom. The monoisotopic (exact) mass is 352 g/mol. The molecule has 0 aromatic rings. The third-order valence-corrected chi connectivity index (χ3v) is 10.6. The van der Waals surface area contributed by atoms with Crippen LogP contribution in [0, 0.1) is 5.92 Å². The van der Waals surface area contributed by atoms with Gasteiger partial charge in [-0.3, -0.25) is 0 Å². The molecule has 1 unspecified atom stereocenters. The molecule has 0 bridgehead atoms. The van der Waals surface area contributed by atoms with Crippen molar-refractivity contribution >= 4 is 8.32 Å². The van der Waals surface area contributed by atoms with Gasteiger partial charge in [0.1, 0.15) is 0 Å². The summed E-state index contributed by atoms with van der Waals surface area (Å²) in [5, 5.41) is 0. The molecular weight excluding hydrogens is 308 g/mol. The van der Waals surface area contributed by atoms with Crippen molar-refractivity contribution in [1.29, 1.82) is 0 Å². The number of rotatable bonds is 5. The molecule has 24 heavy (non-hydrogen) atoms. The lowest BCUT2D eigenvalue weighted by molar-refractivity contribution is 0.369. The van der Waals surface area contributed by atoms with Crippen LogP contribution in [0.3, 0.4) is 0 Å². The zero-order valence-corrected chi connectivity index (χ0v) is 18.2. The molecule has 0 aromatic carbocycles. The predicted molar refractivity (Wildman–Crippen MR) is 111 cm³/mol. The van der Waals surface area contributed by atoms with Crippen molar-refractivity contribution in [2.75, 3.05) is 0 Å². The minimum Gasteiger partial charge on any atom is -0.547 e. The van der Waals surface area contributed by atoms with E-state index in [1.807, 2.05) is 0 Å². The molecule has 0 aliphatic heterocycles. The van der Waals surface area contributed by atoms with E-state index in [0.717, 1.165) is 0 Å². The fraction of sp³-hybridized carbons (Fsp3) is 0.909. The molecule has 0 N–H and O–H groups in total. The van der Waals surface area contributed by atoms with Gasteiger partial charge in [-0.15, -0.1) is 0 Å². The minimum atomic E-state index is -1.52. The Morgan fingerprint density at radius 1 is 0.792 bits per heavy atom. The molecule has 0 fully saturated rings. The van der Waals surface area contributed by atoms with E-state index in [2.05, 4.69) is 33.8 Å². The van der Waals surface area contributed by atoms with Crippen molar-refractivity contribution in [1.82, 2.24) is 0 Å². The summed E-state index contributed by atoms with van der Waals surface area (Å²) in [6.45, 7) is 9.43. The lowest BCUT2D eigenvalue weighted by atomic mass is 10.0. The molecule has 1 aliphatic carbocycles. The van der Waals surface area contributed by atoms with Crippen LogP contribution in [-0.4, -0.2) is 8.32 Å². The summed E-state index contributed by atoms with van der Waals surface area (Å²) in [6, 6.07) is 3.77. The molecule has 0 amide bonds. The molecule has 0 aromatic heterocycles. The van der Waals surface area contributed by atoms with Crippen LogP contribution in [0.4, 0.5) is 0 Å². The van der Waals surface area contributed by atoms with Crippen molar-refractivity contribution in [2.24, 2.45) is 5.92 Å². The van der Waals surface area contributed by atoms with Gasteiger partial charge in [-0.25, -0.2) is 0 Å². The fourth-order valence-electron chi connectivity index (χ4n) is 3.99. The molecule has 142 valence electrons. The Hall–Kier alpha value is -0.243. The highest BCUT2D eigenvalue weighted by Gasteiger charge is 2.31. The first kappa shape index (κ1) is 21.8. The highest BCUT2D eigenvalue weighted by atomic mass is 28.4. The maximum atomic E-state index is 6.78. The maximum Gasteiger partial charge on any atom is 0.250 e. The fourth-order valence-corrected chi connectivity index (χ4v) is 6.65. The van der Waals surface area contributed by atoms with Crippen molar-refractivity contribution in [3.05, 3.63) is 11.8 Å². The molecule has 1 aliphatic rings. The summed E-state index contributed by atoms with van der Waals surface area (Å²) in [7, 11) is -1.52. The Bertz CT molecular complexity index is 325.